The lowest BCUT2D eigenvalue weighted by atomic mass is 9.93. The van der Waals surface area contributed by atoms with Crippen LogP contribution >= 0.6 is 0 Å². The van der Waals surface area contributed by atoms with E-state index in [1.807, 2.05) is 24.3 Å². The third-order valence-electron chi connectivity index (χ3n) is 11.6. The first-order valence-corrected chi connectivity index (χ1v) is 22.4. The number of hydrogen-bond acceptors (Lipinski definition) is 2. The van der Waals surface area contributed by atoms with E-state index in [-0.39, 0.29) is 0 Å². The zero-order valence-electron chi connectivity index (χ0n) is 34.6. The fraction of sp³-hybridized carbons (Fsp3) is 0.538. The molecule has 0 aromatic heterocycles. The van der Waals surface area contributed by atoms with Crippen LogP contribution in [0.4, 0.5) is 11.4 Å². The third-order valence-corrected chi connectivity index (χ3v) is 11.6. The van der Waals surface area contributed by atoms with Gasteiger partial charge in [0.15, 0.2) is 0 Å². The Kier molecular flexibility index (Phi) is 21.1. The number of unbranched alkanes of at least 4 members (excludes halogenated alkanes) is 17. The molecular formula is C52H76N2. The first-order chi connectivity index (χ1) is 26.5. The van der Waals surface area contributed by atoms with Crippen LogP contribution in [0.15, 0.2) is 84.9 Å². The maximum absolute atomic E-state index is 5.92. The molecule has 0 bridgehead atoms. The van der Waals surface area contributed by atoms with Gasteiger partial charge in [-0.3, -0.25) is 0 Å². The summed E-state index contributed by atoms with van der Waals surface area (Å²) >= 11 is 0. The molecule has 0 fully saturated rings. The van der Waals surface area contributed by atoms with Gasteiger partial charge in [-0.1, -0.05) is 177 Å². The van der Waals surface area contributed by atoms with Crippen molar-refractivity contribution in [1.82, 2.24) is 0 Å². The summed E-state index contributed by atoms with van der Waals surface area (Å²) in [6.07, 6.45) is 34.2. The summed E-state index contributed by atoms with van der Waals surface area (Å²) in [7, 11) is 0. The Hall–Kier alpha value is -3.52. The molecule has 0 atom stereocenters. The second-order valence-electron chi connectivity index (χ2n) is 16.4. The van der Waals surface area contributed by atoms with Crippen LogP contribution in [0.1, 0.15) is 187 Å². The lowest BCUT2D eigenvalue weighted by molar-refractivity contribution is 0.533. The molecule has 4 rings (SSSR count). The van der Waals surface area contributed by atoms with Crippen molar-refractivity contribution >= 4 is 11.4 Å². The first-order valence-electron chi connectivity index (χ1n) is 22.4. The average molecular weight is 729 g/mol. The van der Waals surface area contributed by atoms with Crippen molar-refractivity contribution in [2.45, 2.75) is 181 Å². The van der Waals surface area contributed by atoms with Gasteiger partial charge in [-0.05, 0) is 133 Å². The number of aryl methyl sites for hydroxylation is 4. The monoisotopic (exact) mass is 729 g/mol. The molecule has 0 heterocycles. The van der Waals surface area contributed by atoms with Gasteiger partial charge in [-0.25, -0.2) is 0 Å². The molecule has 4 aromatic rings. The zero-order chi connectivity index (χ0) is 38.1. The molecule has 0 saturated heterocycles. The van der Waals surface area contributed by atoms with E-state index in [9.17, 15) is 0 Å². The van der Waals surface area contributed by atoms with Gasteiger partial charge < -0.3 is 11.5 Å². The van der Waals surface area contributed by atoms with Gasteiger partial charge >= 0.3 is 0 Å². The summed E-state index contributed by atoms with van der Waals surface area (Å²) in [5.41, 5.74) is 25.4. The standard InChI is InChI=1S/C52H76N2/c1-3-5-19-25-47-39-43(27-33-49(47)41-45-29-35-51(53)36-30-45)23-21-17-15-13-11-9-7-8-10-12-14-16-18-22-24-44-28-34-50(48(40-44)26-20-6-4-2)42-46-31-37-52(54)38-32-46/h27-40H,3-26,41-42,53-54H2,1-2H3. The van der Waals surface area contributed by atoms with Crippen LogP contribution in [0.3, 0.4) is 0 Å². The van der Waals surface area contributed by atoms with Crippen molar-refractivity contribution in [1.29, 1.82) is 0 Å². The first kappa shape index (κ1) is 43.2. The van der Waals surface area contributed by atoms with Crippen molar-refractivity contribution in [2.24, 2.45) is 0 Å². The van der Waals surface area contributed by atoms with Crippen molar-refractivity contribution in [3.8, 4) is 0 Å². The molecule has 0 aliphatic rings. The Labute approximate surface area is 332 Å². The Morgan fingerprint density at radius 2 is 0.593 bits per heavy atom. The van der Waals surface area contributed by atoms with Crippen molar-refractivity contribution in [3.63, 3.8) is 0 Å². The van der Waals surface area contributed by atoms with E-state index in [0.717, 1.165) is 24.2 Å². The molecule has 0 radical (unpaired) electrons. The van der Waals surface area contributed by atoms with E-state index in [1.54, 1.807) is 11.1 Å². The number of rotatable bonds is 29. The highest BCUT2D eigenvalue weighted by molar-refractivity contribution is 5.43. The Balaban J connectivity index is 1.00. The average Bonchev–Trinajstić information content (AvgIpc) is 3.18. The largest absolute Gasteiger partial charge is 0.399 e. The van der Waals surface area contributed by atoms with Gasteiger partial charge in [-0.2, -0.15) is 0 Å². The van der Waals surface area contributed by atoms with E-state index in [1.165, 1.54) is 187 Å². The number of anilines is 2. The summed E-state index contributed by atoms with van der Waals surface area (Å²) < 4.78 is 0. The quantitative estimate of drug-likeness (QED) is 0.0432. The van der Waals surface area contributed by atoms with Crippen molar-refractivity contribution in [3.05, 3.63) is 129 Å². The normalized spacial score (nSPS) is 11.4. The van der Waals surface area contributed by atoms with Gasteiger partial charge in [0.25, 0.3) is 0 Å². The van der Waals surface area contributed by atoms with E-state index in [0.29, 0.717) is 0 Å². The summed E-state index contributed by atoms with van der Waals surface area (Å²) in [4.78, 5) is 0. The van der Waals surface area contributed by atoms with Crippen LogP contribution in [-0.2, 0) is 38.5 Å². The second kappa shape index (κ2) is 26.3. The minimum absolute atomic E-state index is 0.845. The zero-order valence-corrected chi connectivity index (χ0v) is 34.6. The molecule has 294 valence electrons. The van der Waals surface area contributed by atoms with Gasteiger partial charge in [0.05, 0.1) is 0 Å². The molecule has 0 aliphatic carbocycles. The van der Waals surface area contributed by atoms with Gasteiger partial charge in [0, 0.05) is 11.4 Å². The Morgan fingerprint density at radius 1 is 0.296 bits per heavy atom. The van der Waals surface area contributed by atoms with Gasteiger partial charge in [0.1, 0.15) is 0 Å². The fourth-order valence-corrected chi connectivity index (χ4v) is 8.10. The van der Waals surface area contributed by atoms with Crippen LogP contribution < -0.4 is 11.5 Å². The second-order valence-corrected chi connectivity index (χ2v) is 16.4. The lowest BCUT2D eigenvalue weighted by Crippen LogP contribution is -1.99. The molecular weight excluding hydrogens is 653 g/mol. The smallest absolute Gasteiger partial charge is 0.0314 e. The third kappa shape index (κ3) is 17.3. The van der Waals surface area contributed by atoms with Gasteiger partial charge in [0.2, 0.25) is 0 Å². The SMILES string of the molecule is CCCCCc1cc(CCCCCCCCCCCCCCCCc2ccc(Cc3ccc(N)cc3)c(CCCCC)c2)ccc1Cc1ccc(N)cc1. The fourth-order valence-electron chi connectivity index (χ4n) is 8.10. The maximum atomic E-state index is 5.92. The number of nitrogen functional groups attached to an aromatic ring is 2. The van der Waals surface area contributed by atoms with Crippen LogP contribution in [-0.4, -0.2) is 0 Å². The van der Waals surface area contributed by atoms with Crippen LogP contribution in [0.5, 0.6) is 0 Å². The van der Waals surface area contributed by atoms with Gasteiger partial charge in [-0.15, -0.1) is 0 Å². The molecule has 0 unspecified atom stereocenters. The summed E-state index contributed by atoms with van der Waals surface area (Å²) in [6.45, 7) is 4.59. The van der Waals surface area contributed by atoms with E-state index in [2.05, 4.69) is 74.5 Å². The van der Waals surface area contributed by atoms with E-state index in [4.69, 9.17) is 11.5 Å². The molecule has 2 nitrogen and oxygen atoms in total. The molecule has 4 N–H and O–H groups in total. The van der Waals surface area contributed by atoms with E-state index < -0.39 is 0 Å². The molecule has 0 spiro atoms. The molecule has 0 aliphatic heterocycles. The summed E-state index contributed by atoms with van der Waals surface area (Å²) in [6, 6.07) is 31.5. The number of benzene rings is 4. The molecule has 0 saturated carbocycles. The molecule has 2 heteroatoms. The van der Waals surface area contributed by atoms with Crippen molar-refractivity contribution in [2.75, 3.05) is 11.5 Å². The van der Waals surface area contributed by atoms with Crippen molar-refractivity contribution < 1.29 is 0 Å². The minimum Gasteiger partial charge on any atom is -0.399 e. The molecule has 54 heavy (non-hydrogen) atoms. The highest BCUT2D eigenvalue weighted by atomic mass is 14.5. The highest BCUT2D eigenvalue weighted by Crippen LogP contribution is 2.23. The predicted octanol–water partition coefficient (Wildman–Crippen LogP) is 14.7. The van der Waals surface area contributed by atoms with E-state index >= 15 is 0 Å². The highest BCUT2D eigenvalue weighted by Gasteiger charge is 2.08. The Morgan fingerprint density at radius 3 is 0.926 bits per heavy atom. The van der Waals surface area contributed by atoms with Crippen LogP contribution in [0.25, 0.3) is 0 Å². The minimum atomic E-state index is 0.845. The maximum Gasteiger partial charge on any atom is 0.0314 e. The van der Waals surface area contributed by atoms with Crippen LogP contribution in [0, 0.1) is 0 Å². The number of nitrogens with two attached hydrogens (primary N) is 2. The lowest BCUT2D eigenvalue weighted by Gasteiger charge is -2.13. The Bertz CT molecular complexity index is 1430. The predicted molar refractivity (Wildman–Crippen MR) is 239 cm³/mol. The molecule has 0 amide bonds. The molecule has 4 aromatic carbocycles. The number of hydrogen-bond donors (Lipinski definition) is 2. The summed E-state index contributed by atoms with van der Waals surface area (Å²) in [5, 5.41) is 0. The van der Waals surface area contributed by atoms with Crippen LogP contribution in [0.2, 0.25) is 0 Å². The topological polar surface area (TPSA) is 52.0 Å². The summed E-state index contributed by atoms with van der Waals surface area (Å²) in [5.74, 6) is 0.